The minimum Gasteiger partial charge on any atom is -0.504 e. The van der Waals surface area contributed by atoms with Gasteiger partial charge in [-0.1, -0.05) is 6.07 Å². The Balaban J connectivity index is 1.53. The molecule has 2 saturated carbocycles. The average molecular weight is 347 g/mol. The second-order valence-corrected chi connectivity index (χ2v) is 8.85. The maximum Gasteiger partial charge on any atom is 0.285 e. The number of aromatic hydroxyl groups is 1. The van der Waals surface area contributed by atoms with Crippen LogP contribution in [-0.2, 0) is 11.8 Å². The van der Waals surface area contributed by atoms with Crippen LogP contribution in [-0.4, -0.2) is 41.2 Å². The smallest absolute Gasteiger partial charge is 0.285 e. The van der Waals surface area contributed by atoms with Gasteiger partial charge in [-0.15, -0.1) is 0 Å². The zero-order valence-corrected chi connectivity index (χ0v) is 14.2. The van der Waals surface area contributed by atoms with Crippen LogP contribution in [0.1, 0.15) is 43.2 Å². The third-order valence-corrected chi connectivity index (χ3v) is 7.59. The largest absolute Gasteiger partial charge is 0.504 e. The molecule has 3 fully saturated rings. The van der Waals surface area contributed by atoms with E-state index in [1.807, 2.05) is 6.07 Å². The Kier molecular flexibility index (Phi) is 2.65. The molecule has 1 saturated heterocycles. The van der Waals surface area contributed by atoms with Crippen molar-refractivity contribution in [2.24, 2.45) is 11.8 Å². The van der Waals surface area contributed by atoms with Gasteiger partial charge in [0.15, 0.2) is 17.6 Å². The summed E-state index contributed by atoms with van der Waals surface area (Å²) in [6, 6.07) is 3.92. The molecule has 2 heterocycles. The molecule has 25 heavy (non-hydrogen) atoms. The summed E-state index contributed by atoms with van der Waals surface area (Å²) in [7, 11) is 0. The van der Waals surface area contributed by atoms with E-state index < -0.39 is 17.4 Å². The van der Waals surface area contributed by atoms with Gasteiger partial charge in [-0.05, 0) is 62.1 Å². The Morgan fingerprint density at radius 3 is 2.84 bits per heavy atom. The number of hydrogen-bond donors (Lipinski definition) is 1. The number of alkyl halides is 2. The number of rotatable bonds is 2. The van der Waals surface area contributed by atoms with Crippen LogP contribution in [0.4, 0.5) is 8.78 Å². The highest BCUT2D eigenvalue weighted by molar-refractivity contribution is 5.61. The van der Waals surface area contributed by atoms with Crippen molar-refractivity contribution in [1.82, 2.24) is 4.90 Å². The number of halogens is 2. The topological polar surface area (TPSA) is 32.7 Å². The van der Waals surface area contributed by atoms with Gasteiger partial charge in [0.05, 0.1) is 0 Å². The first-order valence-corrected chi connectivity index (χ1v) is 9.64. The van der Waals surface area contributed by atoms with Crippen LogP contribution in [0.15, 0.2) is 12.1 Å². The highest BCUT2D eigenvalue weighted by atomic mass is 19.3. The lowest BCUT2D eigenvalue weighted by molar-refractivity contribution is -0.182. The van der Waals surface area contributed by atoms with Crippen LogP contribution in [0.2, 0.25) is 0 Å². The van der Waals surface area contributed by atoms with Crippen molar-refractivity contribution in [2.75, 3.05) is 13.1 Å². The monoisotopic (exact) mass is 347 g/mol. The molecule has 1 unspecified atom stereocenters. The lowest BCUT2D eigenvalue weighted by Gasteiger charge is -2.59. The minimum absolute atomic E-state index is 0.0240. The third-order valence-electron chi connectivity index (χ3n) is 7.59. The quantitative estimate of drug-likeness (QED) is 0.889. The predicted octanol–water partition coefficient (Wildman–Crippen LogP) is 3.48. The van der Waals surface area contributed by atoms with Gasteiger partial charge < -0.3 is 9.84 Å². The number of benzene rings is 1. The summed E-state index contributed by atoms with van der Waals surface area (Å²) in [6.07, 6.45) is 3.63. The van der Waals surface area contributed by atoms with Crippen molar-refractivity contribution in [3.05, 3.63) is 23.3 Å². The molecular weight excluding hydrogens is 324 g/mol. The molecule has 0 radical (unpaired) electrons. The maximum atomic E-state index is 14.9. The normalized spacial score (nSPS) is 40.5. The van der Waals surface area contributed by atoms with Gasteiger partial charge in [-0.2, -0.15) is 0 Å². The van der Waals surface area contributed by atoms with Crippen molar-refractivity contribution < 1.29 is 18.6 Å². The van der Waals surface area contributed by atoms with E-state index in [0.717, 1.165) is 43.0 Å². The fourth-order valence-electron chi connectivity index (χ4n) is 6.43. The molecular formula is C20H23F2NO2. The molecule has 1 spiro atoms. The molecule has 2 bridgehead atoms. The summed E-state index contributed by atoms with van der Waals surface area (Å²) in [5.41, 5.74) is 1.44. The van der Waals surface area contributed by atoms with Crippen molar-refractivity contribution in [1.29, 1.82) is 0 Å². The highest BCUT2D eigenvalue weighted by Crippen LogP contribution is 2.66. The summed E-state index contributed by atoms with van der Waals surface area (Å²) in [5.74, 6) is -1.41. The number of phenolic OH excluding ortho intramolecular Hbond substituents is 1. The number of nitrogens with zero attached hydrogens (tertiary/aromatic N) is 1. The second-order valence-electron chi connectivity index (χ2n) is 8.85. The summed E-state index contributed by atoms with van der Waals surface area (Å²) in [5, 5.41) is 10.3. The van der Waals surface area contributed by atoms with Gasteiger partial charge in [0.25, 0.3) is 5.92 Å². The van der Waals surface area contributed by atoms with E-state index in [0.29, 0.717) is 18.2 Å². The fraction of sp³-hybridized carbons (Fsp3) is 0.700. The standard InChI is InChI=1S/C20H23F2NO2/c21-20(22)6-5-13-14-9-12-3-4-15(24)17-16(12)19(13,18(20)25-17)7-8-23(14)10-11-1-2-11/h3-4,11,13-14,18,24H,1-2,5-10H2/t13-,14+,18?,19-/m0/s1. The first-order valence-electron chi connectivity index (χ1n) is 9.64. The van der Waals surface area contributed by atoms with E-state index >= 15 is 0 Å². The molecule has 3 nitrogen and oxygen atoms in total. The van der Waals surface area contributed by atoms with Gasteiger partial charge >= 0.3 is 0 Å². The molecule has 6 rings (SSSR count). The fourth-order valence-corrected chi connectivity index (χ4v) is 6.43. The highest BCUT2D eigenvalue weighted by Gasteiger charge is 2.70. The molecule has 1 aromatic rings. The Bertz CT molecular complexity index is 762. The van der Waals surface area contributed by atoms with Gasteiger partial charge in [0.1, 0.15) is 0 Å². The van der Waals surface area contributed by atoms with Crippen LogP contribution in [0.25, 0.3) is 0 Å². The summed E-state index contributed by atoms with van der Waals surface area (Å²) < 4.78 is 35.6. The molecule has 3 aliphatic carbocycles. The Morgan fingerprint density at radius 2 is 2.04 bits per heavy atom. The third kappa shape index (κ3) is 1.73. The van der Waals surface area contributed by atoms with Crippen LogP contribution < -0.4 is 4.74 Å². The molecule has 0 aromatic heterocycles. The van der Waals surface area contributed by atoms with E-state index in [-0.39, 0.29) is 18.1 Å². The maximum absolute atomic E-state index is 14.9. The van der Waals surface area contributed by atoms with Crippen LogP contribution in [0, 0.1) is 11.8 Å². The van der Waals surface area contributed by atoms with E-state index in [1.54, 1.807) is 6.07 Å². The molecule has 4 atom stereocenters. The molecule has 5 aliphatic rings. The van der Waals surface area contributed by atoms with E-state index in [1.165, 1.54) is 12.8 Å². The summed E-state index contributed by atoms with van der Waals surface area (Å²) in [4.78, 5) is 2.59. The second kappa shape index (κ2) is 4.48. The Hall–Kier alpha value is -1.36. The number of ether oxygens (including phenoxy) is 1. The van der Waals surface area contributed by atoms with Gasteiger partial charge in [-0.25, -0.2) is 8.78 Å². The number of phenols is 1. The van der Waals surface area contributed by atoms with Gasteiger partial charge in [0.2, 0.25) is 0 Å². The first-order chi connectivity index (χ1) is 12.0. The lowest BCUT2D eigenvalue weighted by atomic mass is 9.51. The summed E-state index contributed by atoms with van der Waals surface area (Å²) >= 11 is 0. The molecule has 5 heteroatoms. The zero-order chi connectivity index (χ0) is 17.0. The Morgan fingerprint density at radius 1 is 1.20 bits per heavy atom. The zero-order valence-electron chi connectivity index (χ0n) is 14.2. The molecule has 1 N–H and O–H groups in total. The summed E-state index contributed by atoms with van der Waals surface area (Å²) in [6.45, 7) is 2.00. The van der Waals surface area contributed by atoms with Crippen molar-refractivity contribution in [3.63, 3.8) is 0 Å². The lowest BCUT2D eigenvalue weighted by Crippen LogP contribution is -2.68. The molecule has 0 amide bonds. The number of hydrogen-bond acceptors (Lipinski definition) is 3. The Labute approximate surface area is 146 Å². The molecule has 1 aromatic carbocycles. The first kappa shape index (κ1) is 14.8. The van der Waals surface area contributed by atoms with Crippen molar-refractivity contribution >= 4 is 0 Å². The van der Waals surface area contributed by atoms with E-state index in [2.05, 4.69) is 4.90 Å². The molecule has 134 valence electrons. The number of piperidine rings is 1. The molecule has 2 aliphatic heterocycles. The van der Waals surface area contributed by atoms with Crippen LogP contribution in [0.5, 0.6) is 11.5 Å². The van der Waals surface area contributed by atoms with E-state index in [9.17, 15) is 13.9 Å². The van der Waals surface area contributed by atoms with E-state index in [4.69, 9.17) is 4.74 Å². The van der Waals surface area contributed by atoms with Crippen LogP contribution in [0.3, 0.4) is 0 Å². The average Bonchev–Trinajstić information content (AvgIpc) is 3.31. The van der Waals surface area contributed by atoms with Crippen molar-refractivity contribution in [3.8, 4) is 11.5 Å². The van der Waals surface area contributed by atoms with Crippen molar-refractivity contribution in [2.45, 2.75) is 62.0 Å². The van der Waals surface area contributed by atoms with Gasteiger partial charge in [-0.3, -0.25) is 4.90 Å². The minimum atomic E-state index is -2.82. The van der Waals surface area contributed by atoms with Gasteiger partial charge in [0, 0.05) is 30.0 Å². The number of likely N-dealkylation sites (tertiary alicyclic amines) is 1. The SMILES string of the molecule is Oc1ccc2c3c1OC1C(F)(F)CC[C@H]4[C@@H](C2)N(CC2CC2)CC[C@]314. The van der Waals surface area contributed by atoms with Crippen LogP contribution >= 0.6 is 0 Å². The predicted molar refractivity (Wildman–Crippen MR) is 88.3 cm³/mol.